The first-order valence-corrected chi connectivity index (χ1v) is 9.07. The minimum atomic E-state index is -0.295. The number of halogens is 1. The highest BCUT2D eigenvalue weighted by atomic mass is 19.1. The standard InChI is InChI=1S/C20H20FN5O2/c21-15-3-5-16(6-4-15)25-7-9-26(10-8-25)19-14-22-18(13-23-19)20(27)24-12-17-2-1-11-28-17/h1-6,11,13-14H,7-10,12H2,(H,24,27). The number of rotatable bonds is 5. The summed E-state index contributed by atoms with van der Waals surface area (Å²) in [4.78, 5) is 25.1. The molecule has 3 aromatic rings. The fourth-order valence-corrected chi connectivity index (χ4v) is 3.12. The van der Waals surface area contributed by atoms with E-state index in [2.05, 4.69) is 25.1 Å². The smallest absolute Gasteiger partial charge is 0.271 e. The number of furan rings is 1. The van der Waals surface area contributed by atoms with Crippen LogP contribution in [0.3, 0.4) is 0 Å². The lowest BCUT2D eigenvalue weighted by molar-refractivity contribution is 0.0942. The molecule has 2 aromatic heterocycles. The average Bonchev–Trinajstić information content (AvgIpc) is 3.27. The van der Waals surface area contributed by atoms with Gasteiger partial charge in [-0.25, -0.2) is 14.4 Å². The Balaban J connectivity index is 1.31. The van der Waals surface area contributed by atoms with Gasteiger partial charge in [-0.1, -0.05) is 0 Å². The topological polar surface area (TPSA) is 74.5 Å². The summed E-state index contributed by atoms with van der Waals surface area (Å²) >= 11 is 0. The largest absolute Gasteiger partial charge is 0.467 e. The Morgan fingerprint density at radius 2 is 1.79 bits per heavy atom. The monoisotopic (exact) mass is 381 g/mol. The summed E-state index contributed by atoms with van der Waals surface area (Å²) in [5.41, 5.74) is 1.27. The highest BCUT2D eigenvalue weighted by Gasteiger charge is 2.19. The van der Waals surface area contributed by atoms with E-state index >= 15 is 0 Å². The zero-order valence-electron chi connectivity index (χ0n) is 15.2. The summed E-state index contributed by atoms with van der Waals surface area (Å²) in [5, 5.41) is 2.75. The van der Waals surface area contributed by atoms with Gasteiger partial charge >= 0.3 is 0 Å². The molecule has 1 saturated heterocycles. The van der Waals surface area contributed by atoms with Gasteiger partial charge in [-0.15, -0.1) is 0 Å². The number of amides is 1. The van der Waals surface area contributed by atoms with E-state index in [0.717, 1.165) is 37.7 Å². The molecule has 0 unspecified atom stereocenters. The van der Waals surface area contributed by atoms with Crippen LogP contribution < -0.4 is 15.1 Å². The van der Waals surface area contributed by atoms with Crippen LogP contribution >= 0.6 is 0 Å². The Morgan fingerprint density at radius 1 is 1.04 bits per heavy atom. The summed E-state index contributed by atoms with van der Waals surface area (Å²) in [6.45, 7) is 3.46. The van der Waals surface area contributed by atoms with E-state index in [-0.39, 0.29) is 17.4 Å². The number of piperazine rings is 1. The molecule has 0 spiro atoms. The van der Waals surface area contributed by atoms with Crippen LogP contribution in [0.25, 0.3) is 0 Å². The maximum absolute atomic E-state index is 13.1. The number of carbonyl (C=O) groups is 1. The van der Waals surface area contributed by atoms with Crippen molar-refractivity contribution >= 4 is 17.4 Å². The molecule has 0 saturated carbocycles. The van der Waals surface area contributed by atoms with Crippen molar-refractivity contribution in [2.24, 2.45) is 0 Å². The van der Waals surface area contributed by atoms with Crippen molar-refractivity contribution in [3.05, 3.63) is 72.3 Å². The molecular weight excluding hydrogens is 361 g/mol. The first-order chi connectivity index (χ1) is 13.7. The van der Waals surface area contributed by atoms with Crippen molar-refractivity contribution in [3.63, 3.8) is 0 Å². The van der Waals surface area contributed by atoms with Crippen molar-refractivity contribution in [1.82, 2.24) is 15.3 Å². The lowest BCUT2D eigenvalue weighted by Crippen LogP contribution is -2.46. The van der Waals surface area contributed by atoms with E-state index in [1.165, 1.54) is 18.3 Å². The zero-order chi connectivity index (χ0) is 19.3. The second kappa shape index (κ2) is 8.08. The van der Waals surface area contributed by atoms with Crippen LogP contribution in [-0.2, 0) is 6.54 Å². The minimum Gasteiger partial charge on any atom is -0.467 e. The van der Waals surface area contributed by atoms with Gasteiger partial charge in [-0.05, 0) is 36.4 Å². The summed E-state index contributed by atoms with van der Waals surface area (Å²) in [6, 6.07) is 10.1. The highest BCUT2D eigenvalue weighted by Crippen LogP contribution is 2.19. The molecule has 7 nitrogen and oxygen atoms in total. The summed E-state index contributed by atoms with van der Waals surface area (Å²) in [5.74, 6) is 0.890. The predicted octanol–water partition coefficient (Wildman–Crippen LogP) is 2.47. The molecule has 0 atom stereocenters. The van der Waals surface area contributed by atoms with Crippen molar-refractivity contribution in [2.45, 2.75) is 6.54 Å². The number of benzene rings is 1. The molecule has 28 heavy (non-hydrogen) atoms. The molecular formula is C20H20FN5O2. The molecule has 1 aliphatic heterocycles. The van der Waals surface area contributed by atoms with Gasteiger partial charge in [0.1, 0.15) is 23.1 Å². The van der Waals surface area contributed by atoms with Crippen molar-refractivity contribution < 1.29 is 13.6 Å². The third-order valence-corrected chi connectivity index (χ3v) is 4.67. The summed E-state index contributed by atoms with van der Waals surface area (Å²) in [7, 11) is 0. The molecule has 1 aromatic carbocycles. The fourth-order valence-electron chi connectivity index (χ4n) is 3.12. The second-order valence-electron chi connectivity index (χ2n) is 6.47. The fraction of sp³-hybridized carbons (Fsp3) is 0.250. The third-order valence-electron chi connectivity index (χ3n) is 4.67. The number of hydrogen-bond acceptors (Lipinski definition) is 6. The van der Waals surface area contributed by atoms with Crippen LogP contribution in [-0.4, -0.2) is 42.1 Å². The van der Waals surface area contributed by atoms with E-state index in [0.29, 0.717) is 12.3 Å². The number of nitrogens with one attached hydrogen (secondary N) is 1. The molecule has 3 heterocycles. The van der Waals surface area contributed by atoms with Gasteiger partial charge in [0.25, 0.3) is 5.91 Å². The van der Waals surface area contributed by atoms with Gasteiger partial charge in [-0.3, -0.25) is 4.79 Å². The van der Waals surface area contributed by atoms with E-state index in [9.17, 15) is 9.18 Å². The maximum atomic E-state index is 13.1. The molecule has 1 fully saturated rings. The van der Waals surface area contributed by atoms with Gasteiger partial charge < -0.3 is 19.5 Å². The van der Waals surface area contributed by atoms with Crippen LogP contribution in [0.2, 0.25) is 0 Å². The van der Waals surface area contributed by atoms with Crippen LogP contribution in [0.5, 0.6) is 0 Å². The van der Waals surface area contributed by atoms with E-state index < -0.39 is 0 Å². The Hall–Kier alpha value is -3.42. The van der Waals surface area contributed by atoms with E-state index in [1.54, 1.807) is 36.7 Å². The molecule has 0 bridgehead atoms. The van der Waals surface area contributed by atoms with Crippen LogP contribution in [0, 0.1) is 5.82 Å². The highest BCUT2D eigenvalue weighted by molar-refractivity contribution is 5.91. The molecule has 0 radical (unpaired) electrons. The van der Waals surface area contributed by atoms with Crippen LogP contribution in [0.1, 0.15) is 16.2 Å². The molecule has 144 valence electrons. The minimum absolute atomic E-state index is 0.231. The number of nitrogens with zero attached hydrogens (tertiary/aromatic N) is 4. The summed E-state index contributed by atoms with van der Waals surface area (Å²) < 4.78 is 18.3. The Labute approximate surface area is 161 Å². The quantitative estimate of drug-likeness (QED) is 0.732. The predicted molar refractivity (Wildman–Crippen MR) is 103 cm³/mol. The lowest BCUT2D eigenvalue weighted by Gasteiger charge is -2.36. The Morgan fingerprint density at radius 3 is 2.43 bits per heavy atom. The average molecular weight is 381 g/mol. The number of anilines is 2. The van der Waals surface area contributed by atoms with E-state index in [4.69, 9.17) is 4.42 Å². The Bertz CT molecular complexity index is 905. The lowest BCUT2D eigenvalue weighted by atomic mass is 10.2. The third kappa shape index (κ3) is 4.11. The van der Waals surface area contributed by atoms with Crippen molar-refractivity contribution in [3.8, 4) is 0 Å². The SMILES string of the molecule is O=C(NCc1ccco1)c1cnc(N2CCN(c3ccc(F)cc3)CC2)cn1. The first kappa shape index (κ1) is 18.0. The molecule has 1 amide bonds. The van der Waals surface area contributed by atoms with Gasteiger partial charge in [0.2, 0.25) is 0 Å². The van der Waals surface area contributed by atoms with Crippen LogP contribution in [0.4, 0.5) is 15.9 Å². The molecule has 1 aliphatic rings. The van der Waals surface area contributed by atoms with Gasteiger partial charge in [0, 0.05) is 31.9 Å². The van der Waals surface area contributed by atoms with Gasteiger partial charge in [0.15, 0.2) is 0 Å². The summed E-state index contributed by atoms with van der Waals surface area (Å²) in [6.07, 6.45) is 4.67. The van der Waals surface area contributed by atoms with Gasteiger partial charge in [0.05, 0.1) is 25.2 Å². The molecule has 1 N–H and O–H groups in total. The molecule has 8 heteroatoms. The van der Waals surface area contributed by atoms with E-state index in [1.807, 2.05) is 0 Å². The maximum Gasteiger partial charge on any atom is 0.271 e. The Kier molecular flexibility index (Phi) is 5.18. The number of aromatic nitrogens is 2. The molecule has 0 aliphatic carbocycles. The molecule has 4 rings (SSSR count). The number of hydrogen-bond donors (Lipinski definition) is 1. The van der Waals surface area contributed by atoms with Crippen LogP contribution in [0.15, 0.2) is 59.5 Å². The second-order valence-corrected chi connectivity index (χ2v) is 6.47. The van der Waals surface area contributed by atoms with Crippen molar-refractivity contribution in [2.75, 3.05) is 36.0 Å². The number of carbonyl (C=O) groups excluding carboxylic acids is 1. The first-order valence-electron chi connectivity index (χ1n) is 9.07. The van der Waals surface area contributed by atoms with Gasteiger partial charge in [-0.2, -0.15) is 0 Å². The normalized spacial score (nSPS) is 14.2. The zero-order valence-corrected chi connectivity index (χ0v) is 15.2. The van der Waals surface area contributed by atoms with Crippen molar-refractivity contribution in [1.29, 1.82) is 0 Å².